The smallest absolute Gasteiger partial charge is 0.293 e. The maximum Gasteiger partial charge on any atom is 0.293 e. The molecule has 0 heterocycles. The average Bonchev–Trinajstić information content (AvgIpc) is 3.30. The van der Waals surface area contributed by atoms with E-state index in [4.69, 9.17) is 28.4 Å². The summed E-state index contributed by atoms with van der Waals surface area (Å²) in [5, 5.41) is 28.4. The predicted octanol–water partition coefficient (Wildman–Crippen LogP) is 9.56. The van der Waals surface area contributed by atoms with E-state index >= 15 is 0 Å². The number of hydrogen-bond donors (Lipinski definition) is 2. The van der Waals surface area contributed by atoms with E-state index in [1.165, 1.54) is 98.1 Å². The molecule has 0 aliphatic heterocycles. The second-order valence-corrected chi connectivity index (χ2v) is 13.5. The molecule has 6 aromatic rings. The summed E-state index contributed by atoms with van der Waals surface area (Å²) in [4.78, 5) is 59.4. The SMILES string of the molecule is COc1cc(C(=O)Nc2ccc(-c3cc(F)cc(F)c3)cc2[N+](=O)[O-])cc(OC)c1OC.COc1cc(C(=O)Nc2ccc(-c3cccc(C(C)=O)c3)cc2[N+](=O)[O-])cc(OC)c1OC. The highest BCUT2D eigenvalue weighted by molar-refractivity contribution is 6.07. The van der Waals surface area contributed by atoms with Crippen LogP contribution in [-0.2, 0) is 0 Å². The molecule has 0 bridgehead atoms. The summed E-state index contributed by atoms with van der Waals surface area (Å²) in [6.07, 6.45) is 0. The van der Waals surface area contributed by atoms with E-state index in [0.29, 0.717) is 28.5 Å². The molecule has 2 N–H and O–H groups in total. The van der Waals surface area contributed by atoms with E-state index in [9.17, 15) is 43.4 Å². The number of nitrogens with one attached hydrogen (secondary N) is 2. The molecule has 2 amide bonds. The van der Waals surface area contributed by atoms with Gasteiger partial charge in [0.05, 0.1) is 52.5 Å². The number of carbonyl (C=O) groups is 3. The zero-order chi connectivity index (χ0) is 47.5. The number of nitrogens with zero attached hydrogens (tertiary/aromatic N) is 2. The van der Waals surface area contributed by atoms with Crippen molar-refractivity contribution in [2.75, 3.05) is 53.3 Å². The van der Waals surface area contributed by atoms with Gasteiger partial charge in [-0.25, -0.2) is 8.78 Å². The van der Waals surface area contributed by atoms with Gasteiger partial charge in [-0.1, -0.05) is 30.3 Å². The fraction of sp³-hybridized carbons (Fsp3) is 0.152. The van der Waals surface area contributed by atoms with Crippen LogP contribution < -0.4 is 39.1 Å². The third-order valence-electron chi connectivity index (χ3n) is 9.54. The normalized spacial score (nSPS) is 10.4. The maximum absolute atomic E-state index is 13.5. The molecule has 336 valence electrons. The number of nitro groups is 2. The molecule has 0 atom stereocenters. The van der Waals surface area contributed by atoms with Crippen molar-refractivity contribution in [3.8, 4) is 56.8 Å². The highest BCUT2D eigenvalue weighted by Crippen LogP contribution is 2.40. The first-order chi connectivity index (χ1) is 31.0. The van der Waals surface area contributed by atoms with Crippen LogP contribution in [0, 0.1) is 31.9 Å². The van der Waals surface area contributed by atoms with Gasteiger partial charge in [0.15, 0.2) is 28.8 Å². The molecule has 0 aliphatic carbocycles. The lowest BCUT2D eigenvalue weighted by molar-refractivity contribution is -0.384. The summed E-state index contributed by atoms with van der Waals surface area (Å²) in [6, 6.07) is 23.5. The number of nitro benzene ring substituents is 2. The van der Waals surface area contributed by atoms with Crippen LogP contribution in [0.15, 0.2) is 103 Å². The first-order valence-electron chi connectivity index (χ1n) is 18.9. The van der Waals surface area contributed by atoms with Gasteiger partial charge in [-0.2, -0.15) is 0 Å². The van der Waals surface area contributed by atoms with Crippen LogP contribution in [0.1, 0.15) is 38.0 Å². The summed E-state index contributed by atoms with van der Waals surface area (Å²) < 4.78 is 58.4. The summed E-state index contributed by atoms with van der Waals surface area (Å²) in [5.41, 5.74) is 1.45. The van der Waals surface area contributed by atoms with Crippen molar-refractivity contribution in [2.24, 2.45) is 0 Å². The van der Waals surface area contributed by atoms with Gasteiger partial charge in [0, 0.05) is 34.9 Å². The quantitative estimate of drug-likeness (QED) is 0.0558. The van der Waals surface area contributed by atoms with E-state index in [1.54, 1.807) is 30.3 Å². The number of methoxy groups -OCH3 is 6. The molecule has 65 heavy (non-hydrogen) atoms. The standard InChI is InChI=1S/C24H22N2O7.C22H18F2N2O6/c1-14(27)15-6-5-7-16(10-15)17-8-9-19(20(11-17)26(29)30)25-24(28)18-12-21(31-2)23(33-4)22(13-18)32-3;1-30-19-9-14(10-20(31-2)21(19)32-3)22(27)25-17-5-4-12(8-18(17)26(28)29)13-6-15(23)11-16(24)7-13/h5-13H,1-4H3,(H,25,28);4-11H,1-3H3,(H,25,27). The monoisotopic (exact) mass is 894 g/mol. The molecule has 0 saturated carbocycles. The molecule has 17 nitrogen and oxygen atoms in total. The number of halogens is 2. The lowest BCUT2D eigenvalue weighted by Gasteiger charge is -2.14. The largest absolute Gasteiger partial charge is 0.493 e. The number of amides is 2. The summed E-state index contributed by atoms with van der Waals surface area (Å²) in [7, 11) is 8.47. The predicted molar refractivity (Wildman–Crippen MR) is 235 cm³/mol. The van der Waals surface area contributed by atoms with E-state index in [-0.39, 0.29) is 73.8 Å². The Labute approximate surface area is 369 Å². The van der Waals surface area contributed by atoms with Gasteiger partial charge in [0.25, 0.3) is 23.2 Å². The van der Waals surface area contributed by atoms with Crippen molar-refractivity contribution in [1.29, 1.82) is 0 Å². The van der Waals surface area contributed by atoms with Crippen LogP contribution in [0.4, 0.5) is 31.5 Å². The number of rotatable bonds is 15. The van der Waals surface area contributed by atoms with Gasteiger partial charge >= 0.3 is 0 Å². The number of ketones is 1. The molecule has 19 heteroatoms. The molecular weight excluding hydrogens is 855 g/mol. The second-order valence-electron chi connectivity index (χ2n) is 13.5. The lowest BCUT2D eigenvalue weighted by Crippen LogP contribution is -2.14. The van der Waals surface area contributed by atoms with Crippen molar-refractivity contribution in [1.82, 2.24) is 0 Å². The third-order valence-corrected chi connectivity index (χ3v) is 9.54. The van der Waals surface area contributed by atoms with Crippen LogP contribution in [0.25, 0.3) is 22.3 Å². The Bertz CT molecular complexity index is 2750. The molecule has 0 spiro atoms. The zero-order valence-corrected chi connectivity index (χ0v) is 35.8. The summed E-state index contributed by atoms with van der Waals surface area (Å²) >= 11 is 0. The highest BCUT2D eigenvalue weighted by atomic mass is 19.1. The van der Waals surface area contributed by atoms with Gasteiger partial charge in [0.1, 0.15) is 23.0 Å². The van der Waals surface area contributed by atoms with Gasteiger partial charge in [-0.15, -0.1) is 0 Å². The number of anilines is 2. The maximum atomic E-state index is 13.5. The fourth-order valence-electron chi connectivity index (χ4n) is 6.39. The number of hydrogen-bond acceptors (Lipinski definition) is 13. The Morgan fingerprint density at radius 2 is 0.862 bits per heavy atom. The Morgan fingerprint density at radius 3 is 1.22 bits per heavy atom. The summed E-state index contributed by atoms with van der Waals surface area (Å²) in [5.74, 6) is -1.39. The zero-order valence-electron chi connectivity index (χ0n) is 35.8. The van der Waals surface area contributed by atoms with Crippen LogP contribution in [-0.4, -0.2) is 70.1 Å². The van der Waals surface area contributed by atoms with Gasteiger partial charge < -0.3 is 39.1 Å². The Kier molecular flexibility index (Phi) is 15.3. The van der Waals surface area contributed by atoms with Crippen molar-refractivity contribution in [2.45, 2.75) is 6.92 Å². The van der Waals surface area contributed by atoms with Crippen LogP contribution >= 0.6 is 0 Å². The molecule has 6 rings (SSSR count). The number of ether oxygens (including phenoxy) is 6. The topological polar surface area (TPSA) is 217 Å². The van der Waals surface area contributed by atoms with Gasteiger partial charge in [0.2, 0.25) is 11.5 Å². The molecule has 6 aromatic carbocycles. The third kappa shape index (κ3) is 11.1. The number of carbonyl (C=O) groups excluding carboxylic acids is 3. The minimum absolute atomic E-state index is 0.0187. The number of benzene rings is 6. The molecule has 0 radical (unpaired) electrons. The minimum Gasteiger partial charge on any atom is -0.493 e. The second kappa shape index (κ2) is 21.0. The minimum atomic E-state index is -0.817. The Balaban J connectivity index is 0.000000244. The number of Topliss-reactive ketones (excluding diaryl/α,β-unsaturated/α-hetero) is 1. The molecule has 0 unspecified atom stereocenters. The molecule has 0 saturated heterocycles. The molecule has 0 aliphatic rings. The van der Waals surface area contributed by atoms with Crippen molar-refractivity contribution in [3.63, 3.8) is 0 Å². The van der Waals surface area contributed by atoms with Gasteiger partial charge in [-0.3, -0.25) is 34.6 Å². The first kappa shape index (κ1) is 47.4. The molecular formula is C46H40F2N4O13. The van der Waals surface area contributed by atoms with Crippen LogP contribution in [0.3, 0.4) is 0 Å². The van der Waals surface area contributed by atoms with Crippen LogP contribution in [0.5, 0.6) is 34.5 Å². The molecule has 0 aromatic heterocycles. The Hall–Kier alpha value is -8.61. The van der Waals surface area contributed by atoms with Crippen molar-refractivity contribution in [3.05, 3.63) is 152 Å². The first-order valence-corrected chi connectivity index (χ1v) is 18.9. The van der Waals surface area contributed by atoms with E-state index in [1.807, 2.05) is 0 Å². The van der Waals surface area contributed by atoms with E-state index in [0.717, 1.165) is 18.2 Å². The van der Waals surface area contributed by atoms with E-state index in [2.05, 4.69) is 10.6 Å². The van der Waals surface area contributed by atoms with Crippen molar-refractivity contribution < 1.29 is 61.4 Å². The van der Waals surface area contributed by atoms with Gasteiger partial charge in [-0.05, 0) is 83.8 Å². The molecule has 0 fully saturated rings. The highest BCUT2D eigenvalue weighted by Gasteiger charge is 2.23. The fourth-order valence-corrected chi connectivity index (χ4v) is 6.39. The Morgan fingerprint density at radius 1 is 0.477 bits per heavy atom. The van der Waals surface area contributed by atoms with E-state index < -0.39 is 39.0 Å². The average molecular weight is 895 g/mol. The van der Waals surface area contributed by atoms with Crippen LogP contribution in [0.2, 0.25) is 0 Å². The summed E-state index contributed by atoms with van der Waals surface area (Å²) in [6.45, 7) is 1.45. The lowest BCUT2D eigenvalue weighted by atomic mass is 10.0. The van der Waals surface area contributed by atoms with Crippen molar-refractivity contribution >= 4 is 40.3 Å².